The normalized spacial score (nSPS) is 20.5. The van der Waals surface area contributed by atoms with Crippen LogP contribution < -0.4 is 4.74 Å². The van der Waals surface area contributed by atoms with E-state index in [0.717, 1.165) is 18.7 Å². The van der Waals surface area contributed by atoms with Crippen molar-refractivity contribution in [1.82, 2.24) is 4.90 Å². The van der Waals surface area contributed by atoms with E-state index in [9.17, 15) is 14.7 Å². The summed E-state index contributed by atoms with van der Waals surface area (Å²) in [6.45, 7) is 1.88. The number of hydrogen-bond acceptors (Lipinski definition) is 4. The molecule has 2 aromatic rings. The Balaban J connectivity index is 1.53. The molecule has 2 aromatic carbocycles. The molecule has 0 spiro atoms. The van der Waals surface area contributed by atoms with Gasteiger partial charge in [0.25, 0.3) is 5.91 Å². The molecule has 0 aliphatic carbocycles. The van der Waals surface area contributed by atoms with Crippen LogP contribution in [0.1, 0.15) is 40.7 Å². The Labute approximate surface area is 182 Å². The Bertz CT molecular complexity index is 983. The molecule has 2 aliphatic heterocycles. The fourth-order valence-corrected chi connectivity index (χ4v) is 4.74. The molecule has 1 N–H and O–H groups in total. The largest absolute Gasteiger partial charge is 0.497 e. The minimum atomic E-state index is -0.782. The zero-order valence-electron chi connectivity index (χ0n) is 17.8. The number of piperidine rings is 1. The topological polar surface area (TPSA) is 79.2 Å². The summed E-state index contributed by atoms with van der Waals surface area (Å²) in [4.78, 5) is 31.2. The molecule has 0 saturated carbocycles. The summed E-state index contributed by atoms with van der Waals surface area (Å²) in [6.07, 6.45) is 2.45. The molecule has 0 bridgehead atoms. The van der Waals surface area contributed by atoms with Crippen molar-refractivity contribution >= 4 is 17.6 Å². The Morgan fingerprint density at radius 2 is 1.90 bits per heavy atom. The highest BCUT2D eigenvalue weighted by molar-refractivity contribution is 6.02. The number of likely N-dealkylation sites (tertiary alicyclic amines) is 1. The van der Waals surface area contributed by atoms with Crippen molar-refractivity contribution in [1.29, 1.82) is 0 Å². The van der Waals surface area contributed by atoms with Gasteiger partial charge in [0.1, 0.15) is 5.75 Å². The predicted octanol–water partition coefficient (Wildman–Crippen LogP) is 3.68. The second-order valence-corrected chi connectivity index (χ2v) is 8.33. The van der Waals surface area contributed by atoms with Crippen molar-refractivity contribution in [2.45, 2.75) is 25.7 Å². The van der Waals surface area contributed by atoms with E-state index in [4.69, 9.17) is 9.73 Å². The van der Waals surface area contributed by atoms with Gasteiger partial charge in [0.15, 0.2) is 0 Å². The fourth-order valence-electron chi connectivity index (χ4n) is 4.74. The third kappa shape index (κ3) is 4.79. The van der Waals surface area contributed by atoms with Gasteiger partial charge in [0.2, 0.25) is 0 Å². The Kier molecular flexibility index (Phi) is 6.35. The maximum Gasteiger partial charge on any atom is 0.303 e. The molecule has 0 unspecified atom stereocenters. The van der Waals surface area contributed by atoms with E-state index in [1.807, 2.05) is 17.0 Å². The van der Waals surface area contributed by atoms with Gasteiger partial charge in [-0.1, -0.05) is 24.3 Å². The van der Waals surface area contributed by atoms with Gasteiger partial charge in [-0.3, -0.25) is 14.6 Å². The monoisotopic (exact) mass is 420 g/mol. The first-order valence-corrected chi connectivity index (χ1v) is 10.8. The second-order valence-electron chi connectivity index (χ2n) is 8.33. The molecule has 1 saturated heterocycles. The number of ether oxygens (including phenoxy) is 1. The van der Waals surface area contributed by atoms with E-state index < -0.39 is 5.97 Å². The number of methoxy groups -OCH3 is 1. The van der Waals surface area contributed by atoms with Crippen LogP contribution in [-0.2, 0) is 11.2 Å². The Hall–Kier alpha value is -3.15. The zero-order valence-corrected chi connectivity index (χ0v) is 17.8. The number of fused-ring (bicyclic) bond motifs is 1. The van der Waals surface area contributed by atoms with Crippen LogP contribution in [0.2, 0.25) is 0 Å². The molecule has 2 atom stereocenters. The standard InChI is InChI=1S/C25H28N2O4/c1-31-21-8-6-18(7-9-21)25(30)27-13-11-19(15-24(28)29)20(16-27)14-23-22-5-3-2-4-17(22)10-12-26-23/h2-9,19-20H,10-16H2,1H3,(H,28,29)/t19-,20-/m0/s1. The summed E-state index contributed by atoms with van der Waals surface area (Å²) >= 11 is 0. The van der Waals surface area contributed by atoms with Crippen molar-refractivity contribution in [2.75, 3.05) is 26.7 Å². The zero-order chi connectivity index (χ0) is 21.8. The maximum absolute atomic E-state index is 13.1. The average Bonchev–Trinajstić information content (AvgIpc) is 2.80. The predicted molar refractivity (Wildman–Crippen MR) is 119 cm³/mol. The van der Waals surface area contributed by atoms with Crippen LogP contribution in [0.15, 0.2) is 53.5 Å². The summed E-state index contributed by atoms with van der Waals surface area (Å²) in [5.41, 5.74) is 4.13. The minimum Gasteiger partial charge on any atom is -0.497 e. The number of nitrogens with zero attached hydrogens (tertiary/aromatic N) is 2. The smallest absolute Gasteiger partial charge is 0.303 e. The number of rotatable bonds is 6. The SMILES string of the molecule is COc1ccc(C(=O)N2CC[C@@H](CC(=O)O)[C@@H](CC3=NCCc4ccccc43)C2)cc1. The quantitative estimate of drug-likeness (QED) is 0.773. The van der Waals surface area contributed by atoms with Crippen LogP contribution in [0.3, 0.4) is 0 Å². The third-order valence-corrected chi connectivity index (χ3v) is 6.42. The number of carboxylic acid groups (broad SMARTS) is 1. The van der Waals surface area contributed by atoms with Gasteiger partial charge in [-0.25, -0.2) is 0 Å². The number of benzene rings is 2. The van der Waals surface area contributed by atoms with Crippen LogP contribution >= 0.6 is 0 Å². The first kappa shape index (κ1) is 21.1. The lowest BCUT2D eigenvalue weighted by Gasteiger charge is -2.39. The van der Waals surface area contributed by atoms with Crippen molar-refractivity contribution in [3.8, 4) is 5.75 Å². The summed E-state index contributed by atoms with van der Waals surface area (Å²) in [6, 6.07) is 15.4. The summed E-state index contributed by atoms with van der Waals surface area (Å²) in [5, 5.41) is 9.43. The van der Waals surface area contributed by atoms with Gasteiger partial charge >= 0.3 is 5.97 Å². The number of aliphatic imine (C=N–C) groups is 1. The van der Waals surface area contributed by atoms with Gasteiger partial charge in [-0.2, -0.15) is 0 Å². The molecule has 6 heteroatoms. The van der Waals surface area contributed by atoms with Crippen molar-refractivity contribution in [2.24, 2.45) is 16.8 Å². The highest BCUT2D eigenvalue weighted by Gasteiger charge is 2.34. The van der Waals surface area contributed by atoms with E-state index >= 15 is 0 Å². The van der Waals surface area contributed by atoms with Crippen LogP contribution in [0.5, 0.6) is 5.75 Å². The van der Waals surface area contributed by atoms with Crippen molar-refractivity contribution < 1.29 is 19.4 Å². The molecule has 31 heavy (non-hydrogen) atoms. The summed E-state index contributed by atoms with van der Waals surface area (Å²) < 4.78 is 5.18. The van der Waals surface area contributed by atoms with Gasteiger partial charge in [-0.15, -0.1) is 0 Å². The molecule has 162 valence electrons. The minimum absolute atomic E-state index is 0.0209. The van der Waals surface area contributed by atoms with Gasteiger partial charge in [-0.05, 0) is 66.5 Å². The highest BCUT2D eigenvalue weighted by atomic mass is 16.5. The number of carbonyl (C=O) groups excluding carboxylic acids is 1. The van der Waals surface area contributed by atoms with E-state index in [-0.39, 0.29) is 24.2 Å². The van der Waals surface area contributed by atoms with Gasteiger partial charge < -0.3 is 14.7 Å². The molecule has 4 rings (SSSR count). The van der Waals surface area contributed by atoms with E-state index in [1.54, 1.807) is 31.4 Å². The summed E-state index contributed by atoms with van der Waals surface area (Å²) in [7, 11) is 1.60. The average molecular weight is 421 g/mol. The lowest BCUT2D eigenvalue weighted by molar-refractivity contribution is -0.138. The lowest BCUT2D eigenvalue weighted by Crippen LogP contribution is -2.45. The lowest BCUT2D eigenvalue weighted by atomic mass is 9.78. The molecular formula is C25H28N2O4. The number of hydrogen-bond donors (Lipinski definition) is 1. The van der Waals surface area contributed by atoms with Crippen molar-refractivity contribution in [3.05, 3.63) is 65.2 Å². The Morgan fingerprint density at radius 1 is 1.13 bits per heavy atom. The van der Waals surface area contributed by atoms with Gasteiger partial charge in [0.05, 0.1) is 7.11 Å². The van der Waals surface area contributed by atoms with Crippen molar-refractivity contribution in [3.63, 3.8) is 0 Å². The number of carbonyl (C=O) groups is 2. The first-order chi connectivity index (χ1) is 15.0. The maximum atomic E-state index is 13.1. The van der Waals surface area contributed by atoms with Crippen LogP contribution in [0.4, 0.5) is 0 Å². The number of aliphatic carboxylic acids is 1. The van der Waals surface area contributed by atoms with Gasteiger partial charge in [0, 0.05) is 37.3 Å². The van der Waals surface area contributed by atoms with E-state index in [0.29, 0.717) is 37.2 Å². The molecule has 2 heterocycles. The molecular weight excluding hydrogens is 392 g/mol. The summed E-state index contributed by atoms with van der Waals surface area (Å²) in [5.74, 6) is 0.0121. The number of carboxylic acids is 1. The molecule has 1 amide bonds. The van der Waals surface area contributed by atoms with Crippen LogP contribution in [-0.4, -0.2) is 54.3 Å². The number of amides is 1. The molecule has 2 aliphatic rings. The fraction of sp³-hybridized carbons (Fsp3) is 0.400. The van der Waals surface area contributed by atoms with E-state index in [1.165, 1.54) is 11.1 Å². The van der Waals surface area contributed by atoms with Crippen LogP contribution in [0.25, 0.3) is 0 Å². The molecule has 6 nitrogen and oxygen atoms in total. The molecule has 0 radical (unpaired) electrons. The Morgan fingerprint density at radius 3 is 2.65 bits per heavy atom. The molecule has 1 fully saturated rings. The highest BCUT2D eigenvalue weighted by Crippen LogP contribution is 2.32. The molecule has 0 aromatic heterocycles. The second kappa shape index (κ2) is 9.33. The third-order valence-electron chi connectivity index (χ3n) is 6.42. The van der Waals surface area contributed by atoms with E-state index in [2.05, 4.69) is 12.1 Å². The van der Waals surface area contributed by atoms with Crippen LogP contribution in [0, 0.1) is 11.8 Å². The first-order valence-electron chi connectivity index (χ1n) is 10.8.